The van der Waals surface area contributed by atoms with E-state index in [1.807, 2.05) is 0 Å². The van der Waals surface area contributed by atoms with E-state index in [1.165, 1.54) is 36.3 Å². The van der Waals surface area contributed by atoms with Gasteiger partial charge in [-0.05, 0) is 66.2 Å². The van der Waals surface area contributed by atoms with Crippen molar-refractivity contribution >= 4 is 29.2 Å². The van der Waals surface area contributed by atoms with Crippen molar-refractivity contribution in [1.29, 1.82) is 0 Å². The van der Waals surface area contributed by atoms with Crippen molar-refractivity contribution in [3.8, 4) is 11.5 Å². The average Bonchev–Trinajstić information content (AvgIpc) is 3.09. The highest BCUT2D eigenvalue weighted by Crippen LogP contribution is 2.30. The second kappa shape index (κ2) is 10.3. The molecule has 180 valence electrons. The van der Waals surface area contributed by atoms with Gasteiger partial charge in [0.1, 0.15) is 23.4 Å². The number of nitrogens with zero attached hydrogens (tertiary/aromatic N) is 2. The Morgan fingerprint density at radius 1 is 0.886 bits per heavy atom. The topological polar surface area (TPSA) is 88.2 Å². The lowest BCUT2D eigenvalue weighted by Crippen LogP contribution is -2.37. The summed E-state index contributed by atoms with van der Waals surface area (Å²) in [5.74, 6) is -0.145. The molecule has 0 aromatic heterocycles. The molecule has 4 rings (SSSR count). The normalized spacial score (nSPS) is 15.3. The lowest BCUT2D eigenvalue weighted by molar-refractivity contribution is -0.124. The predicted molar refractivity (Wildman–Crippen MR) is 128 cm³/mol. The first-order valence-electron chi connectivity index (χ1n) is 10.9. The zero-order valence-electron chi connectivity index (χ0n) is 19.2. The highest BCUT2D eigenvalue weighted by atomic mass is 19.1. The second-order valence-corrected chi connectivity index (χ2v) is 7.91. The molecule has 3 aromatic rings. The molecule has 1 fully saturated rings. The summed E-state index contributed by atoms with van der Waals surface area (Å²) >= 11 is 0. The number of urea groups is 1. The van der Waals surface area contributed by atoms with E-state index < -0.39 is 29.7 Å². The third-order valence-electron chi connectivity index (χ3n) is 5.67. The number of ether oxygens (including phenoxy) is 2. The molecule has 0 spiro atoms. The first-order valence-corrected chi connectivity index (χ1v) is 10.9. The number of rotatable bonds is 8. The summed E-state index contributed by atoms with van der Waals surface area (Å²) < 4.78 is 23.6. The summed E-state index contributed by atoms with van der Waals surface area (Å²) in [5, 5.41) is 2.75. The Balaban J connectivity index is 1.58. The van der Waals surface area contributed by atoms with E-state index in [2.05, 4.69) is 5.32 Å². The minimum atomic E-state index is -1.03. The van der Waals surface area contributed by atoms with Gasteiger partial charge in [-0.1, -0.05) is 12.1 Å². The van der Waals surface area contributed by atoms with E-state index in [0.717, 1.165) is 4.90 Å². The van der Waals surface area contributed by atoms with Crippen molar-refractivity contribution in [2.24, 2.45) is 0 Å². The van der Waals surface area contributed by atoms with Gasteiger partial charge in [0.2, 0.25) is 5.91 Å². The highest BCUT2D eigenvalue weighted by Gasteiger charge is 2.46. The van der Waals surface area contributed by atoms with Crippen LogP contribution in [0.25, 0.3) is 0 Å². The number of benzene rings is 3. The Morgan fingerprint density at radius 3 is 2.03 bits per heavy atom. The van der Waals surface area contributed by atoms with E-state index in [0.29, 0.717) is 28.4 Å². The fourth-order valence-electron chi connectivity index (χ4n) is 3.83. The molecule has 1 atom stereocenters. The largest absolute Gasteiger partial charge is 0.497 e. The van der Waals surface area contributed by atoms with Crippen LogP contribution < -0.4 is 19.7 Å². The van der Waals surface area contributed by atoms with Crippen LogP contribution in [-0.2, 0) is 16.1 Å². The first kappa shape index (κ1) is 23.7. The van der Waals surface area contributed by atoms with E-state index >= 15 is 0 Å². The van der Waals surface area contributed by atoms with Crippen LogP contribution in [0.3, 0.4) is 0 Å². The zero-order valence-corrected chi connectivity index (χ0v) is 19.2. The maximum atomic E-state index is 13.4. The lowest BCUT2D eigenvalue weighted by atomic mass is 10.1. The van der Waals surface area contributed by atoms with Crippen molar-refractivity contribution in [2.45, 2.75) is 19.0 Å². The summed E-state index contributed by atoms with van der Waals surface area (Å²) in [6, 6.07) is 17.3. The minimum absolute atomic E-state index is 0.0397. The summed E-state index contributed by atoms with van der Waals surface area (Å²) in [5.41, 5.74) is 1.53. The molecule has 1 aliphatic heterocycles. The number of hydrogen-bond acceptors (Lipinski definition) is 5. The molecule has 1 aliphatic rings. The lowest BCUT2D eigenvalue weighted by Gasteiger charge is -2.21. The van der Waals surface area contributed by atoms with Gasteiger partial charge in [-0.15, -0.1) is 0 Å². The van der Waals surface area contributed by atoms with E-state index in [9.17, 15) is 18.8 Å². The highest BCUT2D eigenvalue weighted by molar-refractivity contribution is 6.22. The second-order valence-electron chi connectivity index (χ2n) is 7.91. The quantitative estimate of drug-likeness (QED) is 0.491. The molecule has 0 saturated carbocycles. The third-order valence-corrected chi connectivity index (χ3v) is 5.67. The number of carbonyl (C=O) groups excluding carboxylic acids is 3. The van der Waals surface area contributed by atoms with Crippen LogP contribution >= 0.6 is 0 Å². The third kappa shape index (κ3) is 5.24. The van der Waals surface area contributed by atoms with Crippen LogP contribution in [0.2, 0.25) is 0 Å². The Hall–Kier alpha value is -4.40. The maximum absolute atomic E-state index is 13.4. The molecule has 0 aliphatic carbocycles. The van der Waals surface area contributed by atoms with Crippen LogP contribution in [0.1, 0.15) is 12.0 Å². The van der Waals surface area contributed by atoms with E-state index in [4.69, 9.17) is 9.47 Å². The average molecular weight is 477 g/mol. The summed E-state index contributed by atoms with van der Waals surface area (Å²) in [7, 11) is 3.06. The summed E-state index contributed by atoms with van der Waals surface area (Å²) in [6.45, 7) is 0.0397. The molecule has 1 heterocycles. The number of amides is 4. The number of nitrogens with one attached hydrogen (secondary N) is 1. The molecular weight excluding hydrogens is 453 g/mol. The predicted octanol–water partition coefficient (Wildman–Crippen LogP) is 4.21. The van der Waals surface area contributed by atoms with Gasteiger partial charge in [-0.2, -0.15) is 0 Å². The molecule has 1 saturated heterocycles. The van der Waals surface area contributed by atoms with Gasteiger partial charge in [0.15, 0.2) is 0 Å². The van der Waals surface area contributed by atoms with Crippen molar-refractivity contribution in [3.63, 3.8) is 0 Å². The van der Waals surface area contributed by atoms with Gasteiger partial charge >= 0.3 is 6.03 Å². The maximum Gasteiger partial charge on any atom is 0.332 e. The molecule has 9 heteroatoms. The van der Waals surface area contributed by atoms with Crippen molar-refractivity contribution in [2.75, 3.05) is 24.4 Å². The Kier molecular flexibility index (Phi) is 6.96. The summed E-state index contributed by atoms with van der Waals surface area (Å²) in [6.07, 6.45) is -0.246. The van der Waals surface area contributed by atoms with Crippen LogP contribution in [0.15, 0.2) is 72.8 Å². The van der Waals surface area contributed by atoms with Crippen LogP contribution in [-0.4, -0.2) is 43.0 Å². The fourth-order valence-corrected chi connectivity index (χ4v) is 3.83. The van der Waals surface area contributed by atoms with Crippen molar-refractivity contribution < 1.29 is 28.2 Å². The number of carbonyl (C=O) groups is 3. The van der Waals surface area contributed by atoms with E-state index in [-0.39, 0.29) is 13.0 Å². The molecule has 0 radical (unpaired) electrons. The monoisotopic (exact) mass is 477 g/mol. The Bertz CT molecular complexity index is 1210. The van der Waals surface area contributed by atoms with Gasteiger partial charge in [-0.25, -0.2) is 14.1 Å². The molecule has 4 amide bonds. The van der Waals surface area contributed by atoms with Gasteiger partial charge in [0.25, 0.3) is 5.91 Å². The van der Waals surface area contributed by atoms with Crippen LogP contribution in [0, 0.1) is 5.82 Å². The zero-order chi connectivity index (χ0) is 24.9. The smallest absolute Gasteiger partial charge is 0.332 e. The van der Waals surface area contributed by atoms with E-state index in [1.54, 1.807) is 55.6 Å². The summed E-state index contributed by atoms with van der Waals surface area (Å²) in [4.78, 5) is 41.9. The van der Waals surface area contributed by atoms with Crippen LogP contribution in [0.4, 0.5) is 20.6 Å². The first-order chi connectivity index (χ1) is 16.9. The van der Waals surface area contributed by atoms with Gasteiger partial charge in [0.05, 0.1) is 26.3 Å². The minimum Gasteiger partial charge on any atom is -0.497 e. The number of halogens is 1. The number of anilines is 2. The van der Waals surface area contributed by atoms with Crippen molar-refractivity contribution in [1.82, 2.24) is 4.90 Å². The standard InChI is InChI=1S/C26H24FN3O5/c1-34-21-11-7-19(8-12-21)28-24(31)15-23-25(32)30(20-9-13-22(35-2)14-10-20)26(33)29(23)16-17-3-5-18(27)6-4-17/h3-14,23H,15-16H2,1-2H3,(H,28,31). The molecule has 0 bridgehead atoms. The Morgan fingerprint density at radius 2 is 1.46 bits per heavy atom. The molecule has 35 heavy (non-hydrogen) atoms. The number of hydrogen-bond donors (Lipinski definition) is 1. The Labute approximate surface area is 201 Å². The van der Waals surface area contributed by atoms with Gasteiger partial charge in [-0.3, -0.25) is 9.59 Å². The molecule has 3 aromatic carbocycles. The number of imide groups is 1. The fraction of sp³-hybridized carbons (Fsp3) is 0.192. The van der Waals surface area contributed by atoms with Crippen molar-refractivity contribution in [3.05, 3.63) is 84.2 Å². The van der Waals surface area contributed by atoms with Gasteiger partial charge < -0.3 is 19.7 Å². The van der Waals surface area contributed by atoms with Crippen LogP contribution in [0.5, 0.6) is 11.5 Å². The molecule has 1 unspecified atom stereocenters. The SMILES string of the molecule is COc1ccc(NC(=O)CC2C(=O)N(c3ccc(OC)cc3)C(=O)N2Cc2ccc(F)cc2)cc1. The molecule has 8 nitrogen and oxygen atoms in total. The van der Waals surface area contributed by atoms with Gasteiger partial charge in [0, 0.05) is 12.2 Å². The molecule has 1 N–H and O–H groups in total. The number of methoxy groups -OCH3 is 2. The molecular formula is C26H24FN3O5.